The van der Waals surface area contributed by atoms with E-state index in [0.717, 1.165) is 5.52 Å². The standard InChI is InChI=1S/C14H16FN3O3/c1-18-11-4-3-9(15)5-10(11)16-13(18)17-12(19)14(6-20-2)7-21-8-14/h3-5H,6-8H2,1-2H3,(H,16,17,19). The van der Waals surface area contributed by atoms with Crippen molar-refractivity contribution in [2.45, 2.75) is 0 Å². The average molecular weight is 293 g/mol. The third-order valence-corrected chi connectivity index (χ3v) is 3.73. The van der Waals surface area contributed by atoms with Gasteiger partial charge in [-0.25, -0.2) is 9.37 Å². The lowest BCUT2D eigenvalue weighted by Gasteiger charge is -2.38. The number of anilines is 1. The molecule has 0 bridgehead atoms. The summed E-state index contributed by atoms with van der Waals surface area (Å²) >= 11 is 0. The molecule has 0 spiro atoms. The van der Waals surface area contributed by atoms with E-state index in [1.807, 2.05) is 0 Å². The molecule has 21 heavy (non-hydrogen) atoms. The first-order valence-corrected chi connectivity index (χ1v) is 6.56. The van der Waals surface area contributed by atoms with Gasteiger partial charge in [-0.2, -0.15) is 0 Å². The molecule has 0 atom stereocenters. The van der Waals surface area contributed by atoms with Gasteiger partial charge in [0.15, 0.2) is 0 Å². The number of amides is 1. The highest BCUT2D eigenvalue weighted by molar-refractivity contribution is 5.96. The van der Waals surface area contributed by atoms with Gasteiger partial charge in [0, 0.05) is 20.2 Å². The van der Waals surface area contributed by atoms with Gasteiger partial charge in [-0.15, -0.1) is 0 Å². The van der Waals surface area contributed by atoms with E-state index in [0.29, 0.717) is 24.7 Å². The number of fused-ring (bicyclic) bond motifs is 1. The second kappa shape index (κ2) is 5.09. The Balaban J connectivity index is 1.88. The Bertz CT molecular complexity index is 694. The first-order valence-electron chi connectivity index (χ1n) is 6.56. The van der Waals surface area contributed by atoms with E-state index in [4.69, 9.17) is 9.47 Å². The molecule has 1 saturated heterocycles. The molecule has 1 aromatic carbocycles. The molecule has 7 heteroatoms. The Labute approximate surface area is 120 Å². The fourth-order valence-electron chi connectivity index (χ4n) is 2.42. The predicted molar refractivity (Wildman–Crippen MR) is 74.4 cm³/mol. The predicted octanol–water partition coefficient (Wildman–Crippen LogP) is 1.31. The fourth-order valence-corrected chi connectivity index (χ4v) is 2.42. The molecule has 0 unspecified atom stereocenters. The molecule has 6 nitrogen and oxygen atoms in total. The molecule has 1 fully saturated rings. The van der Waals surface area contributed by atoms with Crippen molar-refractivity contribution in [3.63, 3.8) is 0 Å². The zero-order chi connectivity index (χ0) is 15.0. The van der Waals surface area contributed by atoms with Crippen molar-refractivity contribution in [1.82, 2.24) is 9.55 Å². The zero-order valence-corrected chi connectivity index (χ0v) is 11.9. The van der Waals surface area contributed by atoms with Crippen LogP contribution in [0.4, 0.5) is 10.3 Å². The van der Waals surface area contributed by atoms with Gasteiger partial charge in [0.1, 0.15) is 11.2 Å². The van der Waals surface area contributed by atoms with E-state index in [2.05, 4.69) is 10.3 Å². The summed E-state index contributed by atoms with van der Waals surface area (Å²) in [6.45, 7) is 0.938. The van der Waals surface area contributed by atoms with Gasteiger partial charge in [0.25, 0.3) is 0 Å². The second-order valence-corrected chi connectivity index (χ2v) is 5.29. The molecule has 2 heterocycles. The summed E-state index contributed by atoms with van der Waals surface area (Å²) in [4.78, 5) is 16.7. The molecule has 2 aromatic rings. The van der Waals surface area contributed by atoms with Gasteiger partial charge in [-0.1, -0.05) is 0 Å². The van der Waals surface area contributed by atoms with E-state index < -0.39 is 5.41 Å². The molecule has 1 amide bonds. The van der Waals surface area contributed by atoms with E-state index >= 15 is 0 Å². The SMILES string of the molecule is COCC1(C(=O)Nc2nc3cc(F)ccc3n2C)COC1. The molecule has 0 aliphatic carbocycles. The Kier molecular flexibility index (Phi) is 3.38. The number of carbonyl (C=O) groups is 1. The van der Waals surface area contributed by atoms with Crippen LogP contribution in [-0.4, -0.2) is 42.4 Å². The molecule has 1 aliphatic rings. The number of nitrogens with one attached hydrogen (secondary N) is 1. The van der Waals surface area contributed by atoms with Crippen molar-refractivity contribution < 1.29 is 18.7 Å². The van der Waals surface area contributed by atoms with Gasteiger partial charge in [-0.05, 0) is 12.1 Å². The monoisotopic (exact) mass is 293 g/mol. The van der Waals surface area contributed by atoms with Crippen molar-refractivity contribution in [3.8, 4) is 0 Å². The smallest absolute Gasteiger partial charge is 0.239 e. The summed E-state index contributed by atoms with van der Waals surface area (Å²) in [5, 5.41) is 2.78. The third kappa shape index (κ3) is 2.28. The number of benzene rings is 1. The van der Waals surface area contributed by atoms with Crippen LogP contribution in [0, 0.1) is 11.2 Å². The maximum absolute atomic E-state index is 13.2. The van der Waals surface area contributed by atoms with E-state index in [9.17, 15) is 9.18 Å². The highest BCUT2D eigenvalue weighted by atomic mass is 19.1. The second-order valence-electron chi connectivity index (χ2n) is 5.29. The molecule has 0 saturated carbocycles. The summed E-state index contributed by atoms with van der Waals surface area (Å²) in [6, 6.07) is 4.33. The fraction of sp³-hybridized carbons (Fsp3) is 0.429. The Morgan fingerprint density at radius 1 is 1.57 bits per heavy atom. The summed E-state index contributed by atoms with van der Waals surface area (Å²) < 4.78 is 25.2. The van der Waals surface area contributed by atoms with Gasteiger partial charge in [-0.3, -0.25) is 10.1 Å². The van der Waals surface area contributed by atoms with Crippen molar-refractivity contribution in [2.75, 3.05) is 32.2 Å². The van der Waals surface area contributed by atoms with Gasteiger partial charge < -0.3 is 14.0 Å². The van der Waals surface area contributed by atoms with Crippen molar-refractivity contribution in [1.29, 1.82) is 0 Å². The van der Waals surface area contributed by atoms with Crippen LogP contribution in [0.1, 0.15) is 0 Å². The largest absolute Gasteiger partial charge is 0.383 e. The van der Waals surface area contributed by atoms with Gasteiger partial charge in [0.2, 0.25) is 11.9 Å². The summed E-state index contributed by atoms with van der Waals surface area (Å²) in [6.07, 6.45) is 0. The maximum atomic E-state index is 13.2. The molecule has 1 aliphatic heterocycles. The Morgan fingerprint density at radius 2 is 2.33 bits per heavy atom. The van der Waals surface area contributed by atoms with Crippen LogP contribution < -0.4 is 5.32 Å². The van der Waals surface area contributed by atoms with Crippen LogP contribution in [0.2, 0.25) is 0 Å². The molecule has 3 rings (SSSR count). The van der Waals surface area contributed by atoms with Crippen LogP contribution in [0.3, 0.4) is 0 Å². The number of ether oxygens (including phenoxy) is 2. The van der Waals surface area contributed by atoms with Crippen molar-refractivity contribution >= 4 is 22.9 Å². The first kappa shape index (κ1) is 14.0. The van der Waals surface area contributed by atoms with E-state index in [-0.39, 0.29) is 18.3 Å². The molecular formula is C14H16FN3O3. The molecule has 1 aromatic heterocycles. The maximum Gasteiger partial charge on any atom is 0.239 e. The minimum atomic E-state index is -0.669. The molecule has 112 valence electrons. The first-order chi connectivity index (χ1) is 10.1. The molecule has 0 radical (unpaired) electrons. The highest BCUT2D eigenvalue weighted by Gasteiger charge is 2.46. The Hall–Kier alpha value is -1.99. The van der Waals surface area contributed by atoms with Crippen molar-refractivity contribution in [3.05, 3.63) is 24.0 Å². The highest BCUT2D eigenvalue weighted by Crippen LogP contribution is 2.30. The van der Waals surface area contributed by atoms with Crippen LogP contribution in [0.15, 0.2) is 18.2 Å². The normalized spacial score (nSPS) is 16.7. The van der Waals surface area contributed by atoms with Crippen molar-refractivity contribution in [2.24, 2.45) is 12.5 Å². The lowest BCUT2D eigenvalue weighted by molar-refractivity contribution is -0.167. The average Bonchev–Trinajstić information content (AvgIpc) is 2.70. The number of hydrogen-bond acceptors (Lipinski definition) is 4. The zero-order valence-electron chi connectivity index (χ0n) is 11.9. The summed E-state index contributed by atoms with van der Waals surface area (Å²) in [5.41, 5.74) is 0.578. The van der Waals surface area contributed by atoms with Crippen LogP contribution >= 0.6 is 0 Å². The van der Waals surface area contributed by atoms with Crippen LogP contribution in [0.5, 0.6) is 0 Å². The number of aryl methyl sites for hydroxylation is 1. The number of imidazole rings is 1. The van der Waals surface area contributed by atoms with Crippen LogP contribution in [0.25, 0.3) is 11.0 Å². The number of methoxy groups -OCH3 is 1. The topological polar surface area (TPSA) is 65.4 Å². The van der Waals surface area contributed by atoms with E-state index in [1.165, 1.54) is 12.1 Å². The lowest BCUT2D eigenvalue weighted by Crippen LogP contribution is -2.54. The molecular weight excluding hydrogens is 277 g/mol. The summed E-state index contributed by atoms with van der Waals surface area (Å²) in [7, 11) is 3.31. The lowest BCUT2D eigenvalue weighted by atomic mass is 9.86. The summed E-state index contributed by atoms with van der Waals surface area (Å²) in [5.74, 6) is -0.181. The quantitative estimate of drug-likeness (QED) is 0.923. The number of rotatable bonds is 4. The number of carbonyl (C=O) groups excluding carboxylic acids is 1. The number of halogens is 1. The minimum absolute atomic E-state index is 0.200. The van der Waals surface area contributed by atoms with Crippen LogP contribution in [-0.2, 0) is 21.3 Å². The number of aromatic nitrogens is 2. The van der Waals surface area contributed by atoms with Gasteiger partial charge >= 0.3 is 0 Å². The number of hydrogen-bond donors (Lipinski definition) is 1. The van der Waals surface area contributed by atoms with Gasteiger partial charge in [0.05, 0.1) is 30.9 Å². The molecule has 1 N–H and O–H groups in total. The number of nitrogens with zero attached hydrogens (tertiary/aromatic N) is 2. The third-order valence-electron chi connectivity index (χ3n) is 3.73. The Morgan fingerprint density at radius 3 is 2.95 bits per heavy atom. The minimum Gasteiger partial charge on any atom is -0.383 e. The van der Waals surface area contributed by atoms with E-state index in [1.54, 1.807) is 24.8 Å².